The first-order chi connectivity index (χ1) is 13.7. The Hall–Kier alpha value is -3.06. The summed E-state index contributed by atoms with van der Waals surface area (Å²) in [5, 5.41) is 2.87. The van der Waals surface area contributed by atoms with Crippen molar-refractivity contribution in [3.8, 4) is 11.8 Å². The monoisotopic (exact) mass is 374 g/mol. The van der Waals surface area contributed by atoms with Crippen molar-refractivity contribution >= 4 is 17.5 Å². The van der Waals surface area contributed by atoms with Gasteiger partial charge in [0.15, 0.2) is 0 Å². The van der Waals surface area contributed by atoms with Gasteiger partial charge in [-0.25, -0.2) is 0 Å². The molecule has 3 rings (SSSR count). The third-order valence-electron chi connectivity index (χ3n) is 4.79. The molecule has 0 saturated heterocycles. The second kappa shape index (κ2) is 9.75. The number of benzene rings is 2. The number of para-hydroxylation sites is 1. The van der Waals surface area contributed by atoms with Crippen molar-refractivity contribution in [2.24, 2.45) is 0 Å². The zero-order valence-corrected chi connectivity index (χ0v) is 16.3. The molecule has 0 radical (unpaired) electrons. The van der Waals surface area contributed by atoms with E-state index in [9.17, 15) is 9.59 Å². The van der Waals surface area contributed by atoms with Crippen LogP contribution in [0.5, 0.6) is 0 Å². The van der Waals surface area contributed by atoms with Gasteiger partial charge in [-0.1, -0.05) is 49.1 Å². The van der Waals surface area contributed by atoms with E-state index in [0.717, 1.165) is 28.8 Å². The molecule has 4 heteroatoms. The molecule has 0 fully saturated rings. The number of nitrogens with one attached hydrogen (secondary N) is 1. The van der Waals surface area contributed by atoms with Crippen LogP contribution < -0.4 is 10.2 Å². The molecule has 0 unspecified atom stereocenters. The first-order valence-electron chi connectivity index (χ1n) is 9.95. The molecule has 2 aromatic rings. The fraction of sp³-hybridized carbons (Fsp3) is 0.333. The fourth-order valence-electron chi connectivity index (χ4n) is 3.26. The van der Waals surface area contributed by atoms with Crippen molar-refractivity contribution in [2.45, 2.75) is 45.6 Å². The molecule has 28 heavy (non-hydrogen) atoms. The molecule has 0 atom stereocenters. The standard InChI is InChI=1S/C24H26N2O2/c1-2-17-25-23(27)13-7-8-14-24(28)26-18-21-11-4-3-9-19(21)15-16-20-10-5-6-12-22(20)26/h3-6,9-12H,2,7-8,13-14,17-18H2,1H3,(H,25,27). The van der Waals surface area contributed by atoms with Crippen molar-refractivity contribution in [3.63, 3.8) is 0 Å². The predicted molar refractivity (Wildman–Crippen MR) is 112 cm³/mol. The minimum Gasteiger partial charge on any atom is -0.356 e. The van der Waals surface area contributed by atoms with E-state index in [1.807, 2.05) is 60.4 Å². The molecule has 144 valence electrons. The maximum atomic E-state index is 13.0. The number of anilines is 1. The Balaban J connectivity index is 1.69. The number of carbonyl (C=O) groups is 2. The van der Waals surface area contributed by atoms with Gasteiger partial charge >= 0.3 is 0 Å². The van der Waals surface area contributed by atoms with Gasteiger partial charge in [0.1, 0.15) is 0 Å². The Morgan fingerprint density at radius 3 is 2.46 bits per heavy atom. The number of fused-ring (bicyclic) bond motifs is 2. The highest BCUT2D eigenvalue weighted by atomic mass is 16.2. The van der Waals surface area contributed by atoms with Gasteiger partial charge < -0.3 is 10.2 Å². The van der Waals surface area contributed by atoms with Crippen molar-refractivity contribution < 1.29 is 9.59 Å². The third kappa shape index (κ3) is 5.01. The van der Waals surface area contributed by atoms with Gasteiger partial charge in [0, 0.05) is 30.5 Å². The van der Waals surface area contributed by atoms with Crippen LogP contribution in [0.4, 0.5) is 5.69 Å². The van der Waals surface area contributed by atoms with E-state index in [4.69, 9.17) is 0 Å². The molecule has 1 aliphatic rings. The summed E-state index contributed by atoms with van der Waals surface area (Å²) >= 11 is 0. The Bertz CT molecular complexity index is 908. The van der Waals surface area contributed by atoms with Crippen LogP contribution in [0.2, 0.25) is 0 Å². The van der Waals surface area contributed by atoms with Crippen LogP contribution in [-0.2, 0) is 16.1 Å². The van der Waals surface area contributed by atoms with E-state index >= 15 is 0 Å². The number of hydrogen-bond acceptors (Lipinski definition) is 2. The number of unbranched alkanes of at least 4 members (excludes halogenated alkanes) is 1. The van der Waals surface area contributed by atoms with E-state index in [1.54, 1.807) is 0 Å². The van der Waals surface area contributed by atoms with Crippen LogP contribution in [-0.4, -0.2) is 18.4 Å². The Morgan fingerprint density at radius 1 is 0.964 bits per heavy atom. The lowest BCUT2D eigenvalue weighted by molar-refractivity contribution is -0.122. The molecule has 2 aromatic carbocycles. The van der Waals surface area contributed by atoms with Crippen molar-refractivity contribution in [1.82, 2.24) is 5.32 Å². The summed E-state index contributed by atoms with van der Waals surface area (Å²) in [7, 11) is 0. The zero-order valence-electron chi connectivity index (χ0n) is 16.3. The Kier molecular flexibility index (Phi) is 6.86. The minimum atomic E-state index is 0.0649. The maximum Gasteiger partial charge on any atom is 0.227 e. The maximum absolute atomic E-state index is 13.0. The van der Waals surface area contributed by atoms with E-state index in [2.05, 4.69) is 17.2 Å². The quantitative estimate of drug-likeness (QED) is 0.588. The zero-order chi connectivity index (χ0) is 19.8. The molecule has 2 amide bonds. The van der Waals surface area contributed by atoms with E-state index in [-0.39, 0.29) is 11.8 Å². The van der Waals surface area contributed by atoms with Gasteiger partial charge in [-0.05, 0) is 43.0 Å². The van der Waals surface area contributed by atoms with Gasteiger partial charge in [0.2, 0.25) is 11.8 Å². The molecule has 0 aromatic heterocycles. The summed E-state index contributed by atoms with van der Waals surface area (Å²) < 4.78 is 0. The first kappa shape index (κ1) is 19.7. The summed E-state index contributed by atoms with van der Waals surface area (Å²) in [5.41, 5.74) is 3.73. The van der Waals surface area contributed by atoms with Gasteiger partial charge in [0.25, 0.3) is 0 Å². The lowest BCUT2D eigenvalue weighted by Crippen LogP contribution is -2.31. The minimum absolute atomic E-state index is 0.0649. The molecule has 1 heterocycles. The summed E-state index contributed by atoms with van der Waals surface area (Å²) in [6.45, 7) is 3.25. The molecule has 1 aliphatic heterocycles. The lowest BCUT2D eigenvalue weighted by Gasteiger charge is -2.26. The lowest BCUT2D eigenvalue weighted by atomic mass is 10.0. The fourth-order valence-corrected chi connectivity index (χ4v) is 3.26. The van der Waals surface area contributed by atoms with Crippen LogP contribution in [0.25, 0.3) is 0 Å². The summed E-state index contributed by atoms with van der Waals surface area (Å²) in [4.78, 5) is 26.6. The molecule has 0 saturated carbocycles. The molecular formula is C24H26N2O2. The first-order valence-corrected chi connectivity index (χ1v) is 9.95. The van der Waals surface area contributed by atoms with Crippen LogP contribution >= 0.6 is 0 Å². The highest BCUT2D eigenvalue weighted by Crippen LogP contribution is 2.26. The largest absolute Gasteiger partial charge is 0.356 e. The van der Waals surface area contributed by atoms with Crippen molar-refractivity contribution in [2.75, 3.05) is 11.4 Å². The average molecular weight is 374 g/mol. The SMILES string of the molecule is CCCNC(=O)CCCCC(=O)N1Cc2ccccc2C#Cc2ccccc21. The average Bonchev–Trinajstić information content (AvgIpc) is 2.71. The number of nitrogens with zero attached hydrogens (tertiary/aromatic N) is 1. The molecule has 1 N–H and O–H groups in total. The normalized spacial score (nSPS) is 12.0. The van der Waals surface area contributed by atoms with Gasteiger partial charge in [-0.15, -0.1) is 0 Å². The smallest absolute Gasteiger partial charge is 0.227 e. The Morgan fingerprint density at radius 2 is 1.64 bits per heavy atom. The van der Waals surface area contributed by atoms with E-state index in [0.29, 0.717) is 38.8 Å². The van der Waals surface area contributed by atoms with E-state index in [1.165, 1.54) is 0 Å². The van der Waals surface area contributed by atoms with Gasteiger partial charge in [-0.3, -0.25) is 9.59 Å². The molecule has 0 aliphatic carbocycles. The molecule has 4 nitrogen and oxygen atoms in total. The van der Waals surface area contributed by atoms with Crippen LogP contribution in [0.15, 0.2) is 48.5 Å². The topological polar surface area (TPSA) is 49.4 Å². The van der Waals surface area contributed by atoms with Crippen molar-refractivity contribution in [1.29, 1.82) is 0 Å². The van der Waals surface area contributed by atoms with Crippen LogP contribution in [0, 0.1) is 11.8 Å². The summed E-state index contributed by atoms with van der Waals surface area (Å²) in [6, 6.07) is 15.8. The third-order valence-corrected chi connectivity index (χ3v) is 4.79. The van der Waals surface area contributed by atoms with Crippen molar-refractivity contribution in [3.05, 3.63) is 65.2 Å². The number of amides is 2. The summed E-state index contributed by atoms with van der Waals surface area (Å²) in [6.07, 6.45) is 3.24. The second-order valence-electron chi connectivity index (χ2n) is 6.96. The molecular weight excluding hydrogens is 348 g/mol. The van der Waals surface area contributed by atoms with E-state index < -0.39 is 0 Å². The predicted octanol–water partition coefficient (Wildman–Crippen LogP) is 4.02. The highest BCUT2D eigenvalue weighted by Gasteiger charge is 2.20. The van der Waals surface area contributed by atoms with Crippen LogP contribution in [0.1, 0.15) is 55.7 Å². The molecule has 0 bridgehead atoms. The second-order valence-corrected chi connectivity index (χ2v) is 6.96. The summed E-state index contributed by atoms with van der Waals surface area (Å²) in [5.74, 6) is 6.58. The van der Waals surface area contributed by atoms with Gasteiger partial charge in [0.05, 0.1) is 12.2 Å². The number of rotatable bonds is 7. The van der Waals surface area contributed by atoms with Crippen LogP contribution in [0.3, 0.4) is 0 Å². The number of hydrogen-bond donors (Lipinski definition) is 1. The Labute approximate surface area is 166 Å². The molecule has 0 spiro atoms. The number of carbonyl (C=O) groups excluding carboxylic acids is 2. The highest BCUT2D eigenvalue weighted by molar-refractivity contribution is 5.95. The van der Waals surface area contributed by atoms with Gasteiger partial charge in [-0.2, -0.15) is 0 Å².